The first-order valence-electron chi connectivity index (χ1n) is 9.46. The van der Waals surface area contributed by atoms with Gasteiger partial charge in [0.2, 0.25) is 0 Å². The second-order valence-electron chi connectivity index (χ2n) is 6.75. The number of thioether (sulfide) groups is 1. The van der Waals surface area contributed by atoms with Crippen molar-refractivity contribution in [2.24, 2.45) is 4.99 Å². The fourth-order valence-electron chi connectivity index (χ4n) is 2.99. The Balaban J connectivity index is 1.32. The lowest BCUT2D eigenvalue weighted by Crippen LogP contribution is -2.25. The van der Waals surface area contributed by atoms with E-state index in [2.05, 4.69) is 39.7 Å². The summed E-state index contributed by atoms with van der Waals surface area (Å²) in [6.07, 6.45) is 1.97. The molecule has 9 heteroatoms. The summed E-state index contributed by atoms with van der Waals surface area (Å²) >= 11 is 3.21. The molecule has 7 nitrogen and oxygen atoms in total. The van der Waals surface area contributed by atoms with Gasteiger partial charge in [0, 0.05) is 30.5 Å². The molecule has 0 aliphatic carbocycles. The fraction of sp³-hybridized carbons (Fsp3) is 0.300. The number of hydrogen-bond acceptors (Lipinski definition) is 7. The molecule has 3 aromatic rings. The first kappa shape index (κ1) is 19.7. The Morgan fingerprint density at radius 1 is 1.31 bits per heavy atom. The number of fused-ring (bicyclic) bond motifs is 1. The van der Waals surface area contributed by atoms with E-state index in [1.54, 1.807) is 23.9 Å². The number of rotatable bonds is 7. The molecular weight excluding hydrogens is 406 g/mol. The molecule has 1 unspecified atom stereocenters. The quantitative estimate of drug-likeness (QED) is 0.409. The third kappa shape index (κ3) is 4.86. The molecule has 150 valence electrons. The van der Waals surface area contributed by atoms with Gasteiger partial charge in [0.1, 0.15) is 0 Å². The van der Waals surface area contributed by atoms with Crippen molar-refractivity contribution in [1.82, 2.24) is 10.3 Å². The first-order valence-corrected chi connectivity index (χ1v) is 11.3. The molecule has 2 heterocycles. The van der Waals surface area contributed by atoms with Crippen molar-refractivity contribution in [2.75, 3.05) is 17.6 Å². The minimum absolute atomic E-state index is 0.0905. The molecule has 1 aromatic heterocycles. The molecule has 1 aliphatic heterocycles. The molecule has 4 rings (SSSR count). The van der Waals surface area contributed by atoms with Crippen LogP contribution in [0.5, 0.6) is 0 Å². The van der Waals surface area contributed by atoms with Crippen molar-refractivity contribution < 1.29 is 4.92 Å². The standard InChI is InChI=1S/C20H21N5O2S2/c1-2-14-12-28-20(22-14)23-15-5-3-13(4-6-15)9-10-21-19-24-17-8-7-16(25(26)27)11-18(17)29-19/h3-8,11,14H,2,9-10,12H2,1H3,(H,21,24)(H,22,23). The number of anilines is 1. The number of benzene rings is 2. The Morgan fingerprint density at radius 2 is 2.14 bits per heavy atom. The maximum atomic E-state index is 10.9. The SMILES string of the molecule is CCC1CS/C(=N\c2ccc(CCNc3nc4ccc([N+](=O)[O-])cc4s3)cc2)N1. The summed E-state index contributed by atoms with van der Waals surface area (Å²) in [6.45, 7) is 2.92. The number of nitrogens with one attached hydrogen (secondary N) is 2. The van der Waals surface area contributed by atoms with E-state index in [1.165, 1.54) is 23.0 Å². The third-order valence-electron chi connectivity index (χ3n) is 4.68. The maximum absolute atomic E-state index is 10.9. The number of nitrogens with zero attached hydrogens (tertiary/aromatic N) is 3. The summed E-state index contributed by atoms with van der Waals surface area (Å²) in [4.78, 5) is 19.7. The van der Waals surface area contributed by atoms with Gasteiger partial charge in [0.05, 0.1) is 20.8 Å². The van der Waals surface area contributed by atoms with Crippen molar-refractivity contribution in [1.29, 1.82) is 0 Å². The van der Waals surface area contributed by atoms with E-state index in [9.17, 15) is 10.1 Å². The number of aromatic nitrogens is 1. The van der Waals surface area contributed by atoms with E-state index in [4.69, 9.17) is 0 Å². The number of non-ortho nitro benzene ring substituents is 1. The lowest BCUT2D eigenvalue weighted by Gasteiger charge is -2.05. The second kappa shape index (κ2) is 8.79. The zero-order chi connectivity index (χ0) is 20.2. The zero-order valence-corrected chi connectivity index (χ0v) is 17.6. The van der Waals surface area contributed by atoms with Crippen LogP contribution in [-0.4, -0.2) is 33.4 Å². The van der Waals surface area contributed by atoms with Crippen LogP contribution in [0.25, 0.3) is 10.2 Å². The van der Waals surface area contributed by atoms with Crippen LogP contribution in [0, 0.1) is 10.1 Å². The van der Waals surface area contributed by atoms with Gasteiger partial charge < -0.3 is 10.6 Å². The minimum atomic E-state index is -0.385. The highest BCUT2D eigenvalue weighted by Crippen LogP contribution is 2.29. The highest BCUT2D eigenvalue weighted by Gasteiger charge is 2.18. The van der Waals surface area contributed by atoms with Crippen LogP contribution in [0.15, 0.2) is 47.5 Å². The number of amidine groups is 1. The van der Waals surface area contributed by atoms with Crippen LogP contribution >= 0.6 is 23.1 Å². The highest BCUT2D eigenvalue weighted by molar-refractivity contribution is 8.14. The monoisotopic (exact) mass is 427 g/mol. The molecule has 0 radical (unpaired) electrons. The van der Waals surface area contributed by atoms with E-state index in [1.807, 2.05) is 12.1 Å². The van der Waals surface area contributed by atoms with Crippen LogP contribution in [-0.2, 0) is 6.42 Å². The summed E-state index contributed by atoms with van der Waals surface area (Å²) in [5.41, 5.74) is 3.04. The molecule has 29 heavy (non-hydrogen) atoms. The molecule has 1 aliphatic rings. The molecular formula is C20H21N5O2S2. The average molecular weight is 428 g/mol. The molecule has 0 spiro atoms. The summed E-state index contributed by atoms with van der Waals surface area (Å²) in [5, 5.41) is 19.4. The van der Waals surface area contributed by atoms with Crippen molar-refractivity contribution in [3.8, 4) is 0 Å². The van der Waals surface area contributed by atoms with Gasteiger partial charge in [0.25, 0.3) is 5.69 Å². The van der Waals surface area contributed by atoms with E-state index in [-0.39, 0.29) is 10.6 Å². The van der Waals surface area contributed by atoms with Gasteiger partial charge in [-0.25, -0.2) is 9.98 Å². The zero-order valence-electron chi connectivity index (χ0n) is 15.9. The van der Waals surface area contributed by atoms with E-state index in [0.717, 1.165) is 51.3 Å². The largest absolute Gasteiger partial charge is 0.361 e. The van der Waals surface area contributed by atoms with Crippen LogP contribution in [0.3, 0.4) is 0 Å². The smallest absolute Gasteiger partial charge is 0.270 e. The Hall–Kier alpha value is -2.65. The van der Waals surface area contributed by atoms with Gasteiger partial charge in [-0.1, -0.05) is 42.2 Å². The summed E-state index contributed by atoms with van der Waals surface area (Å²) in [7, 11) is 0. The van der Waals surface area contributed by atoms with E-state index >= 15 is 0 Å². The molecule has 0 amide bonds. The maximum Gasteiger partial charge on any atom is 0.270 e. The molecule has 2 N–H and O–H groups in total. The van der Waals surface area contributed by atoms with Crippen molar-refractivity contribution in [2.45, 2.75) is 25.8 Å². The molecule has 1 atom stereocenters. The van der Waals surface area contributed by atoms with Crippen LogP contribution in [0.2, 0.25) is 0 Å². The van der Waals surface area contributed by atoms with Crippen molar-refractivity contribution in [3.63, 3.8) is 0 Å². The molecule has 1 saturated heterocycles. The average Bonchev–Trinajstić information content (AvgIpc) is 3.34. The first-order chi connectivity index (χ1) is 14.1. The van der Waals surface area contributed by atoms with E-state index in [0.29, 0.717) is 6.04 Å². The van der Waals surface area contributed by atoms with Gasteiger partial charge in [-0.15, -0.1) is 0 Å². The van der Waals surface area contributed by atoms with Crippen molar-refractivity contribution in [3.05, 3.63) is 58.1 Å². The van der Waals surface area contributed by atoms with Gasteiger partial charge in [-0.05, 0) is 36.6 Å². The molecule has 0 bridgehead atoms. The third-order valence-corrected chi connectivity index (χ3v) is 6.71. The summed E-state index contributed by atoms with van der Waals surface area (Å²) in [6, 6.07) is 13.5. The van der Waals surface area contributed by atoms with Crippen LogP contribution in [0.4, 0.5) is 16.5 Å². The molecule has 2 aromatic carbocycles. The lowest BCUT2D eigenvalue weighted by molar-refractivity contribution is -0.384. The number of nitro benzene ring substituents is 1. The van der Waals surface area contributed by atoms with Crippen LogP contribution in [0.1, 0.15) is 18.9 Å². The van der Waals surface area contributed by atoms with Crippen LogP contribution < -0.4 is 10.6 Å². The second-order valence-corrected chi connectivity index (χ2v) is 8.79. The van der Waals surface area contributed by atoms with E-state index < -0.39 is 0 Å². The topological polar surface area (TPSA) is 92.5 Å². The molecule has 0 saturated carbocycles. The summed E-state index contributed by atoms with van der Waals surface area (Å²) in [5.74, 6) is 1.08. The predicted molar refractivity (Wildman–Crippen MR) is 122 cm³/mol. The van der Waals surface area contributed by atoms with Gasteiger partial charge in [-0.2, -0.15) is 0 Å². The molecule has 1 fully saturated rings. The Labute approximate surface area is 176 Å². The Bertz CT molecular complexity index is 1050. The number of aliphatic imine (C=N–C) groups is 1. The lowest BCUT2D eigenvalue weighted by atomic mass is 10.1. The Kier molecular flexibility index (Phi) is 5.96. The van der Waals surface area contributed by atoms with Crippen molar-refractivity contribution >= 4 is 55.0 Å². The van der Waals surface area contributed by atoms with Gasteiger partial charge in [-0.3, -0.25) is 10.1 Å². The van der Waals surface area contributed by atoms with Gasteiger partial charge in [0.15, 0.2) is 10.3 Å². The number of hydrogen-bond donors (Lipinski definition) is 2. The number of thiazole rings is 1. The normalized spacial score (nSPS) is 17.6. The fourth-order valence-corrected chi connectivity index (χ4v) is 5.02. The minimum Gasteiger partial charge on any atom is -0.361 e. The Morgan fingerprint density at radius 3 is 2.86 bits per heavy atom. The highest BCUT2D eigenvalue weighted by atomic mass is 32.2. The predicted octanol–water partition coefficient (Wildman–Crippen LogP) is 4.96. The summed E-state index contributed by atoms with van der Waals surface area (Å²) < 4.78 is 0.814. The number of nitro groups is 1. The van der Waals surface area contributed by atoms with Gasteiger partial charge >= 0.3 is 0 Å².